The first kappa shape index (κ1) is 15.1. The standard InChI is InChI=1S/C18H22FNO2/c1-22-16-12-14(4-6-15(16)19)5-7-17(21)20-11-10-18(13-20)8-2-3-9-18/h2-4,6,12H,5,7-11,13H2,1H3. The summed E-state index contributed by atoms with van der Waals surface area (Å²) in [6, 6.07) is 4.79. The Morgan fingerprint density at radius 3 is 2.86 bits per heavy atom. The molecular formula is C18H22FNO2. The second-order valence-electron chi connectivity index (χ2n) is 6.41. The molecule has 22 heavy (non-hydrogen) atoms. The van der Waals surface area contributed by atoms with Gasteiger partial charge in [-0.2, -0.15) is 0 Å². The van der Waals surface area contributed by atoms with Crippen LogP contribution in [0.25, 0.3) is 0 Å². The first-order chi connectivity index (χ1) is 10.6. The van der Waals surface area contributed by atoms with Crippen molar-refractivity contribution in [2.24, 2.45) is 5.41 Å². The summed E-state index contributed by atoms with van der Waals surface area (Å²) in [6.07, 6.45) is 8.88. The largest absolute Gasteiger partial charge is 0.494 e. The molecule has 1 aliphatic carbocycles. The number of amides is 1. The Hall–Kier alpha value is -1.84. The highest BCUT2D eigenvalue weighted by Crippen LogP contribution is 2.41. The summed E-state index contributed by atoms with van der Waals surface area (Å²) >= 11 is 0. The SMILES string of the molecule is COc1cc(CCC(=O)N2CCC3(CC=CC3)C2)ccc1F. The Kier molecular flexibility index (Phi) is 4.19. The van der Waals surface area contributed by atoms with Gasteiger partial charge in [0.15, 0.2) is 11.6 Å². The van der Waals surface area contributed by atoms with Gasteiger partial charge in [-0.25, -0.2) is 4.39 Å². The molecule has 0 bridgehead atoms. The molecule has 2 aliphatic rings. The van der Waals surface area contributed by atoms with Gasteiger partial charge in [0.05, 0.1) is 7.11 Å². The normalized spacial score (nSPS) is 19.1. The molecular weight excluding hydrogens is 281 g/mol. The number of halogens is 1. The maximum Gasteiger partial charge on any atom is 0.222 e. The van der Waals surface area contributed by atoms with E-state index in [9.17, 15) is 9.18 Å². The van der Waals surface area contributed by atoms with Crippen molar-refractivity contribution in [2.45, 2.75) is 32.1 Å². The molecule has 1 spiro atoms. The summed E-state index contributed by atoms with van der Waals surface area (Å²) in [7, 11) is 1.45. The highest BCUT2D eigenvalue weighted by molar-refractivity contribution is 5.77. The fourth-order valence-corrected chi connectivity index (χ4v) is 3.50. The van der Waals surface area contributed by atoms with Crippen molar-refractivity contribution >= 4 is 5.91 Å². The minimum atomic E-state index is -0.368. The molecule has 3 nitrogen and oxygen atoms in total. The van der Waals surface area contributed by atoms with Crippen LogP contribution in [0.2, 0.25) is 0 Å². The molecule has 1 aromatic carbocycles. The van der Waals surface area contributed by atoms with E-state index in [1.807, 2.05) is 4.90 Å². The highest BCUT2D eigenvalue weighted by Gasteiger charge is 2.39. The minimum absolute atomic E-state index is 0.201. The summed E-state index contributed by atoms with van der Waals surface area (Å²) in [5, 5.41) is 0. The molecule has 1 heterocycles. The van der Waals surface area contributed by atoms with Gasteiger partial charge in [-0.15, -0.1) is 0 Å². The lowest BCUT2D eigenvalue weighted by Crippen LogP contribution is -2.31. The number of ether oxygens (including phenoxy) is 1. The van der Waals surface area contributed by atoms with Crippen LogP contribution < -0.4 is 4.74 Å². The third-order valence-electron chi connectivity index (χ3n) is 4.90. The smallest absolute Gasteiger partial charge is 0.222 e. The van der Waals surface area contributed by atoms with E-state index in [1.165, 1.54) is 13.2 Å². The number of hydrogen-bond acceptors (Lipinski definition) is 2. The van der Waals surface area contributed by atoms with E-state index in [-0.39, 0.29) is 17.5 Å². The second kappa shape index (κ2) is 6.11. The van der Waals surface area contributed by atoms with E-state index in [4.69, 9.17) is 4.74 Å². The molecule has 1 aromatic rings. The van der Waals surface area contributed by atoms with Crippen molar-refractivity contribution in [1.29, 1.82) is 0 Å². The van der Waals surface area contributed by atoms with Crippen LogP contribution in [0.3, 0.4) is 0 Å². The van der Waals surface area contributed by atoms with Gasteiger partial charge in [-0.1, -0.05) is 18.2 Å². The molecule has 118 valence electrons. The van der Waals surface area contributed by atoms with Crippen LogP contribution >= 0.6 is 0 Å². The third-order valence-corrected chi connectivity index (χ3v) is 4.90. The quantitative estimate of drug-likeness (QED) is 0.799. The van der Waals surface area contributed by atoms with Gasteiger partial charge < -0.3 is 9.64 Å². The van der Waals surface area contributed by atoms with E-state index < -0.39 is 0 Å². The Morgan fingerprint density at radius 2 is 2.14 bits per heavy atom. The van der Waals surface area contributed by atoms with Gasteiger partial charge >= 0.3 is 0 Å². The third kappa shape index (κ3) is 3.01. The van der Waals surface area contributed by atoms with Crippen molar-refractivity contribution < 1.29 is 13.9 Å². The summed E-state index contributed by atoms with van der Waals surface area (Å²) in [5.74, 6) is 0.0713. The van der Waals surface area contributed by atoms with Crippen molar-refractivity contribution in [3.8, 4) is 5.75 Å². The van der Waals surface area contributed by atoms with Crippen molar-refractivity contribution in [3.63, 3.8) is 0 Å². The molecule has 3 rings (SSSR count). The van der Waals surface area contributed by atoms with Crippen LogP contribution in [0.1, 0.15) is 31.2 Å². The van der Waals surface area contributed by atoms with E-state index >= 15 is 0 Å². The number of rotatable bonds is 4. The maximum absolute atomic E-state index is 13.4. The predicted molar refractivity (Wildman–Crippen MR) is 83.3 cm³/mol. The molecule has 0 atom stereocenters. The van der Waals surface area contributed by atoms with Gasteiger partial charge in [0.2, 0.25) is 5.91 Å². The predicted octanol–water partition coefficient (Wildman–Crippen LogP) is 3.34. The monoisotopic (exact) mass is 303 g/mol. The van der Waals surface area contributed by atoms with Crippen LogP contribution in [-0.2, 0) is 11.2 Å². The van der Waals surface area contributed by atoms with E-state index in [1.54, 1.807) is 12.1 Å². The number of allylic oxidation sites excluding steroid dienone is 2. The number of hydrogen-bond donors (Lipinski definition) is 0. The van der Waals surface area contributed by atoms with E-state index in [2.05, 4.69) is 12.2 Å². The van der Waals surface area contributed by atoms with Gasteiger partial charge in [0, 0.05) is 19.5 Å². The van der Waals surface area contributed by atoms with Crippen molar-refractivity contribution in [1.82, 2.24) is 4.90 Å². The number of benzene rings is 1. The fraction of sp³-hybridized carbons (Fsp3) is 0.500. The molecule has 0 N–H and O–H groups in total. The van der Waals surface area contributed by atoms with Gasteiger partial charge in [-0.3, -0.25) is 4.79 Å². The van der Waals surface area contributed by atoms with Crippen LogP contribution in [0.4, 0.5) is 4.39 Å². The molecule has 4 heteroatoms. The lowest BCUT2D eigenvalue weighted by Gasteiger charge is -2.23. The number of aryl methyl sites for hydroxylation is 1. The second-order valence-corrected chi connectivity index (χ2v) is 6.41. The van der Waals surface area contributed by atoms with Crippen LogP contribution in [0.5, 0.6) is 5.75 Å². The number of likely N-dealkylation sites (tertiary alicyclic amines) is 1. The summed E-state index contributed by atoms with van der Waals surface area (Å²) in [6.45, 7) is 1.75. The zero-order chi connectivity index (χ0) is 15.6. The van der Waals surface area contributed by atoms with Crippen molar-refractivity contribution in [3.05, 3.63) is 41.7 Å². The average Bonchev–Trinajstić information content (AvgIpc) is 3.17. The molecule has 0 saturated carbocycles. The first-order valence-corrected chi connectivity index (χ1v) is 7.87. The molecule has 1 fully saturated rings. The topological polar surface area (TPSA) is 29.5 Å². The Morgan fingerprint density at radius 1 is 1.36 bits per heavy atom. The summed E-state index contributed by atoms with van der Waals surface area (Å²) < 4.78 is 18.4. The molecule has 0 aromatic heterocycles. The van der Waals surface area contributed by atoms with Crippen LogP contribution in [0, 0.1) is 11.2 Å². The molecule has 0 unspecified atom stereocenters. The number of carbonyl (C=O) groups is 1. The Labute approximate surface area is 130 Å². The fourth-order valence-electron chi connectivity index (χ4n) is 3.50. The minimum Gasteiger partial charge on any atom is -0.494 e. The molecule has 1 amide bonds. The van der Waals surface area contributed by atoms with Crippen LogP contribution in [0.15, 0.2) is 30.4 Å². The summed E-state index contributed by atoms with van der Waals surface area (Å²) in [4.78, 5) is 14.4. The zero-order valence-corrected chi connectivity index (χ0v) is 13.0. The van der Waals surface area contributed by atoms with Crippen LogP contribution in [-0.4, -0.2) is 31.0 Å². The Bertz CT molecular complexity index is 589. The molecule has 1 saturated heterocycles. The highest BCUT2D eigenvalue weighted by atomic mass is 19.1. The number of methoxy groups -OCH3 is 1. The van der Waals surface area contributed by atoms with E-state index in [0.29, 0.717) is 18.3 Å². The van der Waals surface area contributed by atoms with Crippen molar-refractivity contribution in [2.75, 3.05) is 20.2 Å². The zero-order valence-electron chi connectivity index (χ0n) is 13.0. The average molecular weight is 303 g/mol. The first-order valence-electron chi connectivity index (χ1n) is 7.87. The maximum atomic E-state index is 13.4. The van der Waals surface area contributed by atoms with Gasteiger partial charge in [-0.05, 0) is 48.8 Å². The number of nitrogens with zero attached hydrogens (tertiary/aromatic N) is 1. The van der Waals surface area contributed by atoms with Gasteiger partial charge in [0.1, 0.15) is 0 Å². The van der Waals surface area contributed by atoms with Gasteiger partial charge in [0.25, 0.3) is 0 Å². The molecule has 0 radical (unpaired) electrons. The Balaban J connectivity index is 1.54. The summed E-state index contributed by atoms with van der Waals surface area (Å²) in [5.41, 5.74) is 1.25. The lowest BCUT2D eigenvalue weighted by molar-refractivity contribution is -0.130. The van der Waals surface area contributed by atoms with E-state index in [0.717, 1.165) is 37.9 Å². The number of carbonyl (C=O) groups excluding carboxylic acids is 1. The lowest BCUT2D eigenvalue weighted by atomic mass is 9.85. The molecule has 1 aliphatic heterocycles.